The van der Waals surface area contributed by atoms with Crippen molar-refractivity contribution >= 4 is 17.7 Å². The van der Waals surface area contributed by atoms with Crippen LogP contribution in [0.5, 0.6) is 0 Å². The highest BCUT2D eigenvalue weighted by Gasteiger charge is 2.09. The number of urea groups is 1. The first-order valence-electron chi connectivity index (χ1n) is 6.73. The summed E-state index contributed by atoms with van der Waals surface area (Å²) in [5, 5.41) is 14.2. The molecule has 1 atom stereocenters. The molecule has 0 fully saturated rings. The van der Waals surface area contributed by atoms with E-state index in [9.17, 15) is 9.59 Å². The maximum atomic E-state index is 11.8. The van der Waals surface area contributed by atoms with Crippen LogP contribution in [0.25, 0.3) is 0 Å². The molecule has 0 bridgehead atoms. The third-order valence-electron chi connectivity index (χ3n) is 3.18. The van der Waals surface area contributed by atoms with Crippen LogP contribution in [0.2, 0.25) is 0 Å². The number of benzene rings is 1. The Morgan fingerprint density at radius 2 is 1.85 bits per heavy atom. The molecule has 0 heterocycles. The molecule has 0 aliphatic rings. The molecule has 3 N–H and O–H groups in total. The van der Waals surface area contributed by atoms with E-state index in [-0.39, 0.29) is 18.4 Å². The number of nitrogens with one attached hydrogen (secondary N) is 2. The molecule has 1 rings (SSSR count). The van der Waals surface area contributed by atoms with Crippen LogP contribution in [0, 0.1) is 19.8 Å². The smallest absolute Gasteiger partial charge is 0.319 e. The molecular weight excluding hydrogens is 256 g/mol. The lowest BCUT2D eigenvalue weighted by Gasteiger charge is -2.14. The predicted molar refractivity (Wildman–Crippen MR) is 79.0 cm³/mol. The van der Waals surface area contributed by atoms with E-state index in [0.717, 1.165) is 16.8 Å². The molecule has 0 aliphatic carbocycles. The lowest BCUT2D eigenvalue weighted by molar-refractivity contribution is -0.137. The third kappa shape index (κ3) is 5.30. The highest BCUT2D eigenvalue weighted by atomic mass is 16.4. The van der Waals surface area contributed by atoms with Crippen molar-refractivity contribution in [3.8, 4) is 0 Å². The van der Waals surface area contributed by atoms with Gasteiger partial charge in [-0.2, -0.15) is 0 Å². The molecule has 0 aromatic heterocycles. The van der Waals surface area contributed by atoms with Gasteiger partial charge < -0.3 is 15.7 Å². The van der Waals surface area contributed by atoms with Crippen LogP contribution in [0.3, 0.4) is 0 Å². The minimum Gasteiger partial charge on any atom is -0.481 e. The van der Waals surface area contributed by atoms with Crippen LogP contribution in [0.1, 0.15) is 30.9 Å². The first kappa shape index (κ1) is 16.0. The zero-order valence-corrected chi connectivity index (χ0v) is 12.2. The molecule has 1 aromatic carbocycles. The quantitative estimate of drug-likeness (QED) is 0.748. The number of carbonyl (C=O) groups is 2. The first-order chi connectivity index (χ1) is 9.40. The highest BCUT2D eigenvalue weighted by molar-refractivity contribution is 5.90. The van der Waals surface area contributed by atoms with Crippen molar-refractivity contribution in [1.29, 1.82) is 0 Å². The second kappa shape index (κ2) is 7.53. The number of anilines is 1. The van der Waals surface area contributed by atoms with Gasteiger partial charge in [0.15, 0.2) is 0 Å². The number of hydrogen-bond donors (Lipinski definition) is 3. The number of carboxylic acids is 1. The second-order valence-electron chi connectivity index (χ2n) is 5.14. The first-order valence-corrected chi connectivity index (χ1v) is 6.73. The van der Waals surface area contributed by atoms with Crippen LogP contribution < -0.4 is 10.6 Å². The molecule has 2 amide bonds. The van der Waals surface area contributed by atoms with Gasteiger partial charge in [-0.05, 0) is 37.3 Å². The number of aliphatic carboxylic acids is 1. The summed E-state index contributed by atoms with van der Waals surface area (Å²) in [6, 6.07) is 5.57. The molecule has 20 heavy (non-hydrogen) atoms. The van der Waals surface area contributed by atoms with Gasteiger partial charge in [-0.15, -0.1) is 0 Å². The predicted octanol–water partition coefficient (Wildman–Crippen LogP) is 2.93. The van der Waals surface area contributed by atoms with Crippen LogP contribution in [0.15, 0.2) is 18.2 Å². The highest BCUT2D eigenvalue weighted by Crippen LogP contribution is 2.19. The van der Waals surface area contributed by atoms with Crippen molar-refractivity contribution < 1.29 is 14.7 Å². The van der Waals surface area contributed by atoms with Gasteiger partial charge in [0.1, 0.15) is 0 Å². The number of hydrogen-bond acceptors (Lipinski definition) is 2. The summed E-state index contributed by atoms with van der Waals surface area (Å²) in [5.74, 6) is -0.674. The van der Waals surface area contributed by atoms with Crippen LogP contribution >= 0.6 is 0 Å². The van der Waals surface area contributed by atoms with Gasteiger partial charge in [0.25, 0.3) is 0 Å². The Labute approximate surface area is 119 Å². The molecule has 1 unspecified atom stereocenters. The number of carboxylic acid groups (broad SMARTS) is 1. The average molecular weight is 278 g/mol. The van der Waals surface area contributed by atoms with Gasteiger partial charge in [0.05, 0.1) is 0 Å². The minimum absolute atomic E-state index is 0.126. The number of aryl methyl sites for hydroxylation is 2. The standard InChI is InChI=1S/C15H22N2O3/c1-10(7-8-13(18)19)9-16-15(20)17-14-11(2)5-4-6-12(14)3/h4-6,10H,7-9H2,1-3H3,(H,18,19)(H2,16,17,20). The Morgan fingerprint density at radius 3 is 2.40 bits per heavy atom. The van der Waals surface area contributed by atoms with Crippen molar-refractivity contribution in [2.75, 3.05) is 11.9 Å². The molecule has 5 nitrogen and oxygen atoms in total. The molecular formula is C15H22N2O3. The Bertz CT molecular complexity index is 466. The Hall–Kier alpha value is -2.04. The number of carbonyl (C=O) groups excluding carboxylic acids is 1. The summed E-state index contributed by atoms with van der Waals surface area (Å²) in [7, 11) is 0. The van der Waals surface area contributed by atoms with E-state index in [1.54, 1.807) is 0 Å². The number of rotatable bonds is 6. The fraction of sp³-hybridized carbons (Fsp3) is 0.467. The monoisotopic (exact) mass is 278 g/mol. The van der Waals surface area contributed by atoms with Crippen molar-refractivity contribution in [2.24, 2.45) is 5.92 Å². The number of amides is 2. The molecule has 110 valence electrons. The summed E-state index contributed by atoms with van der Waals surface area (Å²) < 4.78 is 0. The van der Waals surface area contributed by atoms with Crippen LogP contribution in [-0.2, 0) is 4.79 Å². The fourth-order valence-corrected chi connectivity index (χ4v) is 1.91. The summed E-state index contributed by atoms with van der Waals surface area (Å²) in [5.41, 5.74) is 2.85. The summed E-state index contributed by atoms with van der Waals surface area (Å²) in [6.45, 7) is 6.27. The maximum Gasteiger partial charge on any atom is 0.319 e. The van der Waals surface area contributed by atoms with E-state index in [2.05, 4.69) is 10.6 Å². The SMILES string of the molecule is Cc1cccc(C)c1NC(=O)NCC(C)CCC(=O)O. The maximum absolute atomic E-state index is 11.8. The third-order valence-corrected chi connectivity index (χ3v) is 3.18. The minimum atomic E-state index is -0.808. The zero-order chi connectivity index (χ0) is 15.1. The molecule has 5 heteroatoms. The van der Waals surface area contributed by atoms with Gasteiger partial charge in [0.2, 0.25) is 0 Å². The Kier molecular flexibility index (Phi) is 6.03. The average Bonchev–Trinajstić information content (AvgIpc) is 2.38. The van der Waals surface area contributed by atoms with E-state index in [1.807, 2.05) is 39.0 Å². The van der Waals surface area contributed by atoms with E-state index in [1.165, 1.54) is 0 Å². The molecule has 0 radical (unpaired) electrons. The largest absolute Gasteiger partial charge is 0.481 e. The van der Waals surface area contributed by atoms with Crippen molar-refractivity contribution in [3.05, 3.63) is 29.3 Å². The van der Waals surface area contributed by atoms with Gasteiger partial charge in [0, 0.05) is 18.7 Å². The summed E-state index contributed by atoms with van der Waals surface area (Å²) >= 11 is 0. The lowest BCUT2D eigenvalue weighted by atomic mass is 10.1. The summed E-state index contributed by atoms with van der Waals surface area (Å²) in [4.78, 5) is 22.3. The van der Waals surface area contributed by atoms with E-state index in [0.29, 0.717) is 13.0 Å². The van der Waals surface area contributed by atoms with Gasteiger partial charge in [-0.1, -0.05) is 25.1 Å². The van der Waals surface area contributed by atoms with Gasteiger partial charge in [-0.25, -0.2) is 4.79 Å². The zero-order valence-electron chi connectivity index (χ0n) is 12.2. The van der Waals surface area contributed by atoms with Crippen LogP contribution in [-0.4, -0.2) is 23.7 Å². The number of para-hydroxylation sites is 1. The van der Waals surface area contributed by atoms with Crippen molar-refractivity contribution in [2.45, 2.75) is 33.6 Å². The normalized spacial score (nSPS) is 11.8. The summed E-state index contributed by atoms with van der Waals surface area (Å²) in [6.07, 6.45) is 0.681. The van der Waals surface area contributed by atoms with Crippen molar-refractivity contribution in [1.82, 2.24) is 5.32 Å². The molecule has 0 saturated carbocycles. The van der Waals surface area contributed by atoms with Gasteiger partial charge in [-0.3, -0.25) is 4.79 Å². The Balaban J connectivity index is 2.42. The van der Waals surface area contributed by atoms with E-state index >= 15 is 0 Å². The van der Waals surface area contributed by atoms with E-state index < -0.39 is 5.97 Å². The van der Waals surface area contributed by atoms with Crippen LogP contribution in [0.4, 0.5) is 10.5 Å². The van der Waals surface area contributed by atoms with Crippen molar-refractivity contribution in [3.63, 3.8) is 0 Å². The molecule has 0 spiro atoms. The molecule has 1 aromatic rings. The molecule has 0 saturated heterocycles. The molecule has 0 aliphatic heterocycles. The van der Waals surface area contributed by atoms with E-state index in [4.69, 9.17) is 5.11 Å². The second-order valence-corrected chi connectivity index (χ2v) is 5.14. The topological polar surface area (TPSA) is 78.4 Å². The lowest BCUT2D eigenvalue weighted by Crippen LogP contribution is -2.33. The Morgan fingerprint density at radius 1 is 1.25 bits per heavy atom. The van der Waals surface area contributed by atoms with Gasteiger partial charge >= 0.3 is 12.0 Å². The fourth-order valence-electron chi connectivity index (χ4n) is 1.91.